The second kappa shape index (κ2) is 8.48. The van der Waals surface area contributed by atoms with Gasteiger partial charge >= 0.3 is 6.18 Å². The molecule has 3 aromatic carbocycles. The van der Waals surface area contributed by atoms with E-state index in [4.69, 9.17) is 11.6 Å². The summed E-state index contributed by atoms with van der Waals surface area (Å²) >= 11 is 6.01. The van der Waals surface area contributed by atoms with Crippen molar-refractivity contribution in [1.29, 1.82) is 0 Å². The molecule has 0 aromatic heterocycles. The maximum Gasteiger partial charge on any atom is 0.416 e. The van der Waals surface area contributed by atoms with E-state index < -0.39 is 32.6 Å². The number of para-hydroxylation sites is 2. The first-order chi connectivity index (χ1) is 14.5. The maximum atomic E-state index is 12.9. The summed E-state index contributed by atoms with van der Waals surface area (Å²) in [6, 6.07) is 12.8. The van der Waals surface area contributed by atoms with Crippen LogP contribution < -0.4 is 10.0 Å². The highest BCUT2D eigenvalue weighted by molar-refractivity contribution is 7.92. The van der Waals surface area contributed by atoms with Crippen molar-refractivity contribution in [3.8, 4) is 5.75 Å². The summed E-state index contributed by atoms with van der Waals surface area (Å²) in [6.07, 6.45) is -4.64. The smallest absolute Gasteiger partial charge is 0.416 e. The lowest BCUT2D eigenvalue weighted by Gasteiger charge is -2.13. The lowest BCUT2D eigenvalue weighted by molar-refractivity contribution is -0.137. The minimum absolute atomic E-state index is 0.0639. The van der Waals surface area contributed by atoms with E-state index in [1.807, 2.05) is 4.72 Å². The van der Waals surface area contributed by atoms with E-state index in [-0.39, 0.29) is 27.7 Å². The second-order valence-electron chi connectivity index (χ2n) is 6.30. The van der Waals surface area contributed by atoms with Crippen molar-refractivity contribution >= 4 is 38.9 Å². The van der Waals surface area contributed by atoms with Gasteiger partial charge in [-0.05, 0) is 48.5 Å². The molecule has 162 valence electrons. The fourth-order valence-electron chi connectivity index (χ4n) is 2.59. The zero-order chi connectivity index (χ0) is 22.8. The molecule has 0 atom stereocenters. The van der Waals surface area contributed by atoms with Gasteiger partial charge in [0.15, 0.2) is 0 Å². The zero-order valence-electron chi connectivity index (χ0n) is 15.4. The topological polar surface area (TPSA) is 95.5 Å². The van der Waals surface area contributed by atoms with Crippen LogP contribution in [-0.2, 0) is 16.2 Å². The zero-order valence-corrected chi connectivity index (χ0v) is 17.0. The first-order valence-electron chi connectivity index (χ1n) is 8.56. The molecular weight excluding hydrogens is 457 g/mol. The van der Waals surface area contributed by atoms with E-state index >= 15 is 0 Å². The van der Waals surface area contributed by atoms with Gasteiger partial charge in [-0.1, -0.05) is 29.8 Å². The summed E-state index contributed by atoms with van der Waals surface area (Å²) in [5, 5.41) is 12.1. The number of anilines is 2. The largest absolute Gasteiger partial charge is 0.506 e. The van der Waals surface area contributed by atoms with Gasteiger partial charge in [-0.3, -0.25) is 9.52 Å². The predicted octanol–water partition coefficient (Wildman–Crippen LogP) is 5.12. The molecule has 0 saturated carbocycles. The van der Waals surface area contributed by atoms with Gasteiger partial charge in [-0.2, -0.15) is 13.2 Å². The third-order valence-electron chi connectivity index (χ3n) is 4.09. The first-order valence-corrected chi connectivity index (χ1v) is 10.4. The van der Waals surface area contributed by atoms with Gasteiger partial charge in [0.05, 0.1) is 26.7 Å². The Morgan fingerprint density at radius 3 is 2.35 bits per heavy atom. The number of benzene rings is 3. The highest BCUT2D eigenvalue weighted by Crippen LogP contribution is 2.31. The Morgan fingerprint density at radius 2 is 1.68 bits per heavy atom. The van der Waals surface area contributed by atoms with Crippen molar-refractivity contribution in [3.63, 3.8) is 0 Å². The lowest BCUT2D eigenvalue weighted by Crippen LogP contribution is -2.17. The molecule has 0 aliphatic rings. The highest BCUT2D eigenvalue weighted by atomic mass is 35.5. The molecule has 0 bridgehead atoms. The molecule has 31 heavy (non-hydrogen) atoms. The van der Waals surface area contributed by atoms with Crippen LogP contribution in [0.3, 0.4) is 0 Å². The summed E-state index contributed by atoms with van der Waals surface area (Å²) < 4.78 is 65.9. The maximum absolute atomic E-state index is 12.9. The van der Waals surface area contributed by atoms with Crippen LogP contribution in [0.1, 0.15) is 15.9 Å². The number of alkyl halides is 3. The monoisotopic (exact) mass is 470 g/mol. The predicted molar refractivity (Wildman–Crippen MR) is 110 cm³/mol. The van der Waals surface area contributed by atoms with Crippen LogP contribution in [-0.4, -0.2) is 19.4 Å². The molecule has 0 radical (unpaired) electrons. The molecule has 11 heteroatoms. The van der Waals surface area contributed by atoms with E-state index in [1.165, 1.54) is 18.2 Å². The molecule has 3 aromatic rings. The summed E-state index contributed by atoms with van der Waals surface area (Å²) in [5.41, 5.74) is -1.45. The van der Waals surface area contributed by atoms with E-state index in [1.54, 1.807) is 12.1 Å². The number of rotatable bonds is 5. The van der Waals surface area contributed by atoms with Crippen LogP contribution in [0.15, 0.2) is 71.6 Å². The number of hydrogen-bond donors (Lipinski definition) is 3. The number of hydrogen-bond acceptors (Lipinski definition) is 4. The quantitative estimate of drug-likeness (QED) is 0.451. The Morgan fingerprint density at radius 1 is 0.968 bits per heavy atom. The minimum atomic E-state index is -4.64. The molecular formula is C20H14ClF3N2O4S. The number of halogens is 4. The van der Waals surface area contributed by atoms with Gasteiger partial charge in [0.2, 0.25) is 0 Å². The Kier molecular flexibility index (Phi) is 6.14. The van der Waals surface area contributed by atoms with E-state index in [9.17, 15) is 31.5 Å². The van der Waals surface area contributed by atoms with E-state index in [0.717, 1.165) is 30.3 Å². The van der Waals surface area contributed by atoms with Gasteiger partial charge in [-0.25, -0.2) is 8.42 Å². The summed E-state index contributed by atoms with van der Waals surface area (Å²) in [4.78, 5) is 12.1. The molecule has 0 aliphatic heterocycles. The molecule has 6 nitrogen and oxygen atoms in total. The average molecular weight is 471 g/mol. The van der Waals surface area contributed by atoms with Crippen LogP contribution in [0.25, 0.3) is 0 Å². The molecule has 0 saturated heterocycles. The summed E-state index contributed by atoms with van der Waals surface area (Å²) in [6.45, 7) is 0. The molecule has 0 aliphatic carbocycles. The number of sulfonamides is 1. The number of carbonyl (C=O) groups is 1. The average Bonchev–Trinajstić information content (AvgIpc) is 2.69. The Hall–Kier alpha value is -3.24. The van der Waals surface area contributed by atoms with Crippen molar-refractivity contribution in [2.45, 2.75) is 11.1 Å². The van der Waals surface area contributed by atoms with Crippen molar-refractivity contribution < 1.29 is 31.5 Å². The number of carbonyl (C=O) groups excluding carboxylic acids is 1. The van der Waals surface area contributed by atoms with Crippen LogP contribution in [0.4, 0.5) is 24.5 Å². The SMILES string of the molecule is O=C(Nc1ccccc1O)c1cc(S(=O)(=O)Nc2cccc(C(F)(F)F)c2)ccc1Cl. The third-order valence-corrected chi connectivity index (χ3v) is 5.80. The number of aromatic hydroxyl groups is 1. The molecule has 3 rings (SSSR count). The number of amides is 1. The second-order valence-corrected chi connectivity index (χ2v) is 8.39. The highest BCUT2D eigenvalue weighted by Gasteiger charge is 2.31. The van der Waals surface area contributed by atoms with Gasteiger partial charge in [0, 0.05) is 5.69 Å². The molecule has 1 amide bonds. The Balaban J connectivity index is 1.89. The van der Waals surface area contributed by atoms with Crippen molar-refractivity contribution in [1.82, 2.24) is 0 Å². The molecule has 0 unspecified atom stereocenters. The van der Waals surface area contributed by atoms with Crippen LogP contribution in [0, 0.1) is 0 Å². The first kappa shape index (κ1) is 22.4. The van der Waals surface area contributed by atoms with E-state index in [2.05, 4.69) is 5.32 Å². The molecule has 0 fully saturated rings. The fourth-order valence-corrected chi connectivity index (χ4v) is 3.87. The summed E-state index contributed by atoms with van der Waals surface area (Å²) in [7, 11) is -4.33. The van der Waals surface area contributed by atoms with Crippen LogP contribution >= 0.6 is 11.6 Å². The number of phenols is 1. The molecule has 0 heterocycles. The normalized spacial score (nSPS) is 11.7. The lowest BCUT2D eigenvalue weighted by atomic mass is 10.2. The number of nitrogens with one attached hydrogen (secondary N) is 2. The third kappa shape index (κ3) is 5.28. The number of phenolic OH excluding ortho intramolecular Hbond substituents is 1. The standard InChI is InChI=1S/C20H14ClF3N2O4S/c21-16-9-8-14(11-15(16)19(28)25-17-6-1-2-7-18(17)27)31(29,30)26-13-5-3-4-12(10-13)20(22,23)24/h1-11,26-27H,(H,25,28). The van der Waals surface area contributed by atoms with Gasteiger partial charge < -0.3 is 10.4 Å². The Bertz CT molecular complexity index is 1250. The van der Waals surface area contributed by atoms with Gasteiger partial charge in [-0.15, -0.1) is 0 Å². The summed E-state index contributed by atoms with van der Waals surface area (Å²) in [5.74, 6) is -0.996. The van der Waals surface area contributed by atoms with Crippen molar-refractivity contribution in [2.24, 2.45) is 0 Å². The minimum Gasteiger partial charge on any atom is -0.506 e. The molecule has 0 spiro atoms. The fraction of sp³-hybridized carbons (Fsp3) is 0.0500. The Labute approximate surface area is 180 Å². The van der Waals surface area contributed by atoms with E-state index in [0.29, 0.717) is 6.07 Å². The van der Waals surface area contributed by atoms with Gasteiger partial charge in [0.25, 0.3) is 15.9 Å². The van der Waals surface area contributed by atoms with Crippen molar-refractivity contribution in [2.75, 3.05) is 10.0 Å². The van der Waals surface area contributed by atoms with Gasteiger partial charge in [0.1, 0.15) is 5.75 Å². The van der Waals surface area contributed by atoms with Crippen LogP contribution in [0.5, 0.6) is 5.75 Å². The molecule has 3 N–H and O–H groups in total. The van der Waals surface area contributed by atoms with Crippen LogP contribution in [0.2, 0.25) is 5.02 Å². The van der Waals surface area contributed by atoms with Crippen molar-refractivity contribution in [3.05, 3.63) is 82.9 Å².